The molecule has 0 saturated carbocycles. The monoisotopic (exact) mass is 394 g/mol. The van der Waals surface area contributed by atoms with Gasteiger partial charge >= 0.3 is 0 Å². The first kappa shape index (κ1) is 20.1. The van der Waals surface area contributed by atoms with Gasteiger partial charge in [0.15, 0.2) is 0 Å². The van der Waals surface area contributed by atoms with E-state index in [1.165, 1.54) is 10.4 Å². The van der Waals surface area contributed by atoms with E-state index in [-0.39, 0.29) is 18.5 Å². The second-order valence-corrected chi connectivity index (χ2v) is 7.91. The molecule has 28 heavy (non-hydrogen) atoms. The SMILES string of the molecule is COc1cccc(NC(=O)CN[C@@H](c2ccc(C(C)C)cc2)c2cccs2)c1. The van der Waals surface area contributed by atoms with Crippen molar-refractivity contribution in [3.05, 3.63) is 82.0 Å². The number of anilines is 1. The van der Waals surface area contributed by atoms with Gasteiger partial charge in [0.05, 0.1) is 19.7 Å². The van der Waals surface area contributed by atoms with Crippen LogP contribution in [0, 0.1) is 0 Å². The summed E-state index contributed by atoms with van der Waals surface area (Å²) in [5.74, 6) is 1.12. The van der Waals surface area contributed by atoms with Crippen molar-refractivity contribution in [2.75, 3.05) is 19.0 Å². The average molecular weight is 395 g/mol. The number of carbonyl (C=O) groups excluding carboxylic acids is 1. The molecule has 3 rings (SSSR count). The number of rotatable bonds is 8. The molecule has 0 aliphatic heterocycles. The Kier molecular flexibility index (Phi) is 6.85. The molecule has 4 nitrogen and oxygen atoms in total. The number of nitrogens with one attached hydrogen (secondary N) is 2. The van der Waals surface area contributed by atoms with Crippen LogP contribution >= 0.6 is 11.3 Å². The number of hydrogen-bond donors (Lipinski definition) is 2. The third-order valence-corrected chi connectivity index (χ3v) is 5.52. The lowest BCUT2D eigenvalue weighted by atomic mass is 9.98. The van der Waals surface area contributed by atoms with Crippen molar-refractivity contribution in [2.24, 2.45) is 0 Å². The highest BCUT2D eigenvalue weighted by Gasteiger charge is 2.16. The Morgan fingerprint density at radius 1 is 1.04 bits per heavy atom. The Bertz CT molecular complexity index is 889. The van der Waals surface area contributed by atoms with E-state index < -0.39 is 0 Å². The second-order valence-electron chi connectivity index (χ2n) is 6.93. The van der Waals surface area contributed by atoms with Crippen LogP contribution in [0.1, 0.15) is 41.8 Å². The van der Waals surface area contributed by atoms with Crippen LogP contribution in [0.5, 0.6) is 5.75 Å². The molecule has 3 aromatic rings. The molecule has 5 heteroatoms. The van der Waals surface area contributed by atoms with E-state index in [1.54, 1.807) is 24.5 Å². The highest BCUT2D eigenvalue weighted by atomic mass is 32.1. The van der Waals surface area contributed by atoms with Crippen molar-refractivity contribution in [1.29, 1.82) is 0 Å². The molecule has 2 N–H and O–H groups in total. The molecule has 0 fully saturated rings. The molecule has 0 aliphatic carbocycles. The van der Waals surface area contributed by atoms with Crippen LogP contribution in [0.2, 0.25) is 0 Å². The standard InChI is InChI=1S/C23H26N2O2S/c1-16(2)17-9-11-18(12-10-17)23(21-8-5-13-28-21)24-15-22(26)25-19-6-4-7-20(14-19)27-3/h4-14,16,23-24H,15H2,1-3H3,(H,25,26)/t23-/m0/s1. The van der Waals surface area contributed by atoms with Gasteiger partial charge in [-0.15, -0.1) is 11.3 Å². The smallest absolute Gasteiger partial charge is 0.238 e. The fourth-order valence-electron chi connectivity index (χ4n) is 3.01. The number of benzene rings is 2. The van der Waals surface area contributed by atoms with Gasteiger partial charge in [0.2, 0.25) is 5.91 Å². The summed E-state index contributed by atoms with van der Waals surface area (Å²) >= 11 is 1.69. The lowest BCUT2D eigenvalue weighted by molar-refractivity contribution is -0.115. The molecular weight excluding hydrogens is 368 g/mol. The van der Waals surface area contributed by atoms with E-state index in [9.17, 15) is 4.79 Å². The summed E-state index contributed by atoms with van der Waals surface area (Å²) in [5, 5.41) is 8.38. The van der Waals surface area contributed by atoms with Gasteiger partial charge in [0.1, 0.15) is 5.75 Å². The number of amides is 1. The zero-order valence-corrected chi connectivity index (χ0v) is 17.3. The summed E-state index contributed by atoms with van der Waals surface area (Å²) in [6, 6.07) is 20.1. The Labute approximate surface area is 170 Å². The van der Waals surface area contributed by atoms with E-state index in [1.807, 2.05) is 24.3 Å². The number of ether oxygens (including phenoxy) is 1. The summed E-state index contributed by atoms with van der Waals surface area (Å²) in [6.45, 7) is 4.59. The molecule has 0 spiro atoms. The van der Waals surface area contributed by atoms with Gasteiger partial charge in [-0.05, 0) is 40.6 Å². The molecule has 1 atom stereocenters. The summed E-state index contributed by atoms with van der Waals surface area (Å²) < 4.78 is 5.20. The number of hydrogen-bond acceptors (Lipinski definition) is 4. The minimum atomic E-state index is -0.0893. The van der Waals surface area contributed by atoms with E-state index in [4.69, 9.17) is 4.74 Å². The Morgan fingerprint density at radius 3 is 2.43 bits per heavy atom. The minimum absolute atomic E-state index is 0.0164. The van der Waals surface area contributed by atoms with Crippen molar-refractivity contribution < 1.29 is 9.53 Å². The van der Waals surface area contributed by atoms with Crippen molar-refractivity contribution >= 4 is 22.9 Å². The third kappa shape index (κ3) is 5.21. The second kappa shape index (κ2) is 9.53. The number of methoxy groups -OCH3 is 1. The molecule has 1 amide bonds. The lowest BCUT2D eigenvalue weighted by Crippen LogP contribution is -2.31. The molecule has 0 aliphatic rings. The van der Waals surface area contributed by atoms with Gasteiger partial charge in [0.25, 0.3) is 0 Å². The van der Waals surface area contributed by atoms with E-state index in [0.29, 0.717) is 11.7 Å². The van der Waals surface area contributed by atoms with Gasteiger partial charge in [-0.3, -0.25) is 10.1 Å². The molecule has 0 saturated heterocycles. The van der Waals surface area contributed by atoms with Crippen molar-refractivity contribution in [3.63, 3.8) is 0 Å². The molecule has 0 radical (unpaired) electrons. The highest BCUT2D eigenvalue weighted by Crippen LogP contribution is 2.27. The van der Waals surface area contributed by atoms with Gasteiger partial charge in [-0.25, -0.2) is 0 Å². The van der Waals surface area contributed by atoms with Crippen LogP contribution in [-0.4, -0.2) is 19.6 Å². The first-order valence-corrected chi connectivity index (χ1v) is 10.3. The first-order valence-electron chi connectivity index (χ1n) is 9.37. The van der Waals surface area contributed by atoms with Crippen LogP contribution < -0.4 is 15.4 Å². The first-order chi connectivity index (χ1) is 13.6. The fourth-order valence-corrected chi connectivity index (χ4v) is 3.84. The third-order valence-electron chi connectivity index (χ3n) is 4.58. The van der Waals surface area contributed by atoms with Gasteiger partial charge in [0, 0.05) is 16.6 Å². The minimum Gasteiger partial charge on any atom is -0.497 e. The average Bonchev–Trinajstić information content (AvgIpc) is 3.23. The van der Waals surface area contributed by atoms with Crippen LogP contribution in [0.4, 0.5) is 5.69 Å². The van der Waals surface area contributed by atoms with Gasteiger partial charge in [-0.2, -0.15) is 0 Å². The zero-order valence-electron chi connectivity index (χ0n) is 16.4. The van der Waals surface area contributed by atoms with E-state index >= 15 is 0 Å². The maximum absolute atomic E-state index is 12.4. The summed E-state index contributed by atoms with van der Waals surface area (Å²) in [4.78, 5) is 13.6. The predicted molar refractivity (Wildman–Crippen MR) is 116 cm³/mol. The summed E-state index contributed by atoms with van der Waals surface area (Å²) in [5.41, 5.74) is 3.19. The summed E-state index contributed by atoms with van der Waals surface area (Å²) in [7, 11) is 1.61. The van der Waals surface area contributed by atoms with Gasteiger partial charge in [-0.1, -0.05) is 50.2 Å². The van der Waals surface area contributed by atoms with Crippen molar-refractivity contribution in [3.8, 4) is 5.75 Å². The molecule has 146 valence electrons. The van der Waals surface area contributed by atoms with E-state index in [2.05, 4.69) is 60.2 Å². The van der Waals surface area contributed by atoms with Crippen LogP contribution in [-0.2, 0) is 4.79 Å². The normalized spacial score (nSPS) is 12.0. The van der Waals surface area contributed by atoms with Crippen LogP contribution in [0.25, 0.3) is 0 Å². The maximum Gasteiger partial charge on any atom is 0.238 e. The number of carbonyl (C=O) groups is 1. The molecule has 0 unspecified atom stereocenters. The quantitative estimate of drug-likeness (QED) is 0.552. The van der Waals surface area contributed by atoms with Crippen molar-refractivity contribution in [1.82, 2.24) is 5.32 Å². The van der Waals surface area contributed by atoms with Crippen molar-refractivity contribution in [2.45, 2.75) is 25.8 Å². The zero-order chi connectivity index (χ0) is 19.9. The summed E-state index contributed by atoms with van der Waals surface area (Å²) in [6.07, 6.45) is 0. The van der Waals surface area contributed by atoms with E-state index in [0.717, 1.165) is 11.3 Å². The lowest BCUT2D eigenvalue weighted by Gasteiger charge is -2.19. The Morgan fingerprint density at radius 2 is 1.79 bits per heavy atom. The molecule has 2 aromatic carbocycles. The topological polar surface area (TPSA) is 50.4 Å². The maximum atomic E-state index is 12.4. The highest BCUT2D eigenvalue weighted by molar-refractivity contribution is 7.10. The molecule has 1 heterocycles. The Balaban J connectivity index is 1.69. The largest absolute Gasteiger partial charge is 0.497 e. The number of thiophene rings is 1. The van der Waals surface area contributed by atoms with Crippen LogP contribution in [0.15, 0.2) is 66.0 Å². The van der Waals surface area contributed by atoms with Gasteiger partial charge < -0.3 is 10.1 Å². The van der Waals surface area contributed by atoms with Crippen LogP contribution in [0.3, 0.4) is 0 Å². The predicted octanol–water partition coefficient (Wildman–Crippen LogP) is 5.20. The molecule has 0 bridgehead atoms. The molecule has 1 aromatic heterocycles. The molecular formula is C23H26N2O2S. The fraction of sp³-hybridized carbons (Fsp3) is 0.261. The Hall–Kier alpha value is -2.63.